The molecule has 8 heteroatoms. The molecule has 0 aromatic heterocycles. The SMILES string of the molecule is COc1ccc(NC(=O)C(c2ccccc2)N(C(=O)C(NC(=O)OC(C)(C)C)C(C)C)C(C)CCC(C)C)cc1. The van der Waals surface area contributed by atoms with E-state index in [-0.39, 0.29) is 23.8 Å². The largest absolute Gasteiger partial charge is 0.497 e. The average Bonchev–Trinajstić information content (AvgIpc) is 2.88. The smallest absolute Gasteiger partial charge is 0.408 e. The van der Waals surface area contributed by atoms with Crippen LogP contribution in [0.25, 0.3) is 0 Å². The Kier molecular flexibility index (Phi) is 12.0. The van der Waals surface area contributed by atoms with Crippen LogP contribution >= 0.6 is 0 Å². The lowest BCUT2D eigenvalue weighted by Gasteiger charge is -2.39. The summed E-state index contributed by atoms with van der Waals surface area (Å²) in [5, 5.41) is 5.77. The minimum absolute atomic E-state index is 0.249. The van der Waals surface area contributed by atoms with Crippen LogP contribution in [-0.2, 0) is 14.3 Å². The molecule has 220 valence electrons. The van der Waals surface area contributed by atoms with Crippen molar-refractivity contribution in [3.05, 3.63) is 60.2 Å². The summed E-state index contributed by atoms with van der Waals surface area (Å²) in [6.07, 6.45) is 0.895. The number of hydrogen-bond donors (Lipinski definition) is 2. The summed E-state index contributed by atoms with van der Waals surface area (Å²) < 4.78 is 10.7. The van der Waals surface area contributed by atoms with Crippen LogP contribution in [0.3, 0.4) is 0 Å². The number of carbonyl (C=O) groups excluding carboxylic acids is 3. The summed E-state index contributed by atoms with van der Waals surface area (Å²) in [4.78, 5) is 42.8. The fraction of sp³-hybridized carbons (Fsp3) is 0.531. The maximum Gasteiger partial charge on any atom is 0.408 e. The highest BCUT2D eigenvalue weighted by molar-refractivity contribution is 5.99. The number of benzene rings is 2. The Hall–Kier alpha value is -3.55. The first-order valence-electron chi connectivity index (χ1n) is 14.0. The van der Waals surface area contributed by atoms with Gasteiger partial charge in [-0.2, -0.15) is 0 Å². The van der Waals surface area contributed by atoms with Gasteiger partial charge in [-0.05, 0) is 82.2 Å². The van der Waals surface area contributed by atoms with Gasteiger partial charge in [0.15, 0.2) is 0 Å². The highest BCUT2D eigenvalue weighted by Crippen LogP contribution is 2.30. The third kappa shape index (κ3) is 9.88. The Morgan fingerprint density at radius 2 is 1.48 bits per heavy atom. The van der Waals surface area contributed by atoms with Gasteiger partial charge in [-0.25, -0.2) is 4.79 Å². The molecule has 40 heavy (non-hydrogen) atoms. The van der Waals surface area contributed by atoms with E-state index in [0.29, 0.717) is 29.3 Å². The molecule has 2 rings (SSSR count). The van der Waals surface area contributed by atoms with Gasteiger partial charge in [0.05, 0.1) is 7.11 Å². The number of alkyl carbamates (subject to hydrolysis) is 1. The van der Waals surface area contributed by atoms with Crippen LogP contribution in [-0.4, -0.2) is 47.6 Å². The Morgan fingerprint density at radius 3 is 1.98 bits per heavy atom. The molecule has 3 amide bonds. The number of nitrogens with zero attached hydrogens (tertiary/aromatic N) is 1. The van der Waals surface area contributed by atoms with Gasteiger partial charge >= 0.3 is 6.09 Å². The predicted octanol–water partition coefficient (Wildman–Crippen LogP) is 6.58. The van der Waals surface area contributed by atoms with E-state index < -0.39 is 23.8 Å². The molecule has 0 bridgehead atoms. The van der Waals surface area contributed by atoms with Crippen LogP contribution in [0.1, 0.15) is 79.8 Å². The summed E-state index contributed by atoms with van der Waals surface area (Å²) in [7, 11) is 1.58. The molecule has 3 unspecified atom stereocenters. The molecule has 0 radical (unpaired) electrons. The second kappa shape index (κ2) is 14.7. The van der Waals surface area contributed by atoms with Gasteiger partial charge in [0.2, 0.25) is 5.91 Å². The number of methoxy groups -OCH3 is 1. The van der Waals surface area contributed by atoms with E-state index in [1.165, 1.54) is 0 Å². The molecule has 0 aliphatic rings. The number of nitrogens with one attached hydrogen (secondary N) is 2. The van der Waals surface area contributed by atoms with E-state index in [1.54, 1.807) is 57.0 Å². The van der Waals surface area contributed by atoms with Gasteiger partial charge in [0, 0.05) is 11.7 Å². The molecule has 0 heterocycles. The Morgan fingerprint density at radius 1 is 0.875 bits per heavy atom. The molecule has 0 saturated heterocycles. The first kappa shape index (κ1) is 32.7. The van der Waals surface area contributed by atoms with E-state index in [4.69, 9.17) is 9.47 Å². The highest BCUT2D eigenvalue weighted by atomic mass is 16.6. The normalized spacial score (nSPS) is 13.8. The van der Waals surface area contributed by atoms with Crippen molar-refractivity contribution in [1.82, 2.24) is 10.2 Å². The second-order valence-corrected chi connectivity index (χ2v) is 12.0. The maximum absolute atomic E-state index is 14.4. The summed E-state index contributed by atoms with van der Waals surface area (Å²) in [6.45, 7) is 15.3. The fourth-order valence-electron chi connectivity index (χ4n) is 4.38. The van der Waals surface area contributed by atoms with Crippen LogP contribution in [0.2, 0.25) is 0 Å². The first-order chi connectivity index (χ1) is 18.7. The standard InChI is InChI=1S/C32H47N3O5/c1-21(2)15-16-23(5)35(30(37)27(22(3)4)34-31(38)40-32(6,7)8)28(24-13-11-10-12-14-24)29(36)33-25-17-19-26(39-9)20-18-25/h10-14,17-23,27-28H,15-16H2,1-9H3,(H,33,36)(H,34,38). The van der Waals surface area contributed by atoms with Gasteiger partial charge in [-0.1, -0.05) is 58.0 Å². The quantitative estimate of drug-likeness (QED) is 0.310. The molecule has 0 fully saturated rings. The summed E-state index contributed by atoms with van der Waals surface area (Å²) in [5.74, 6) is 0.158. The average molecular weight is 554 g/mol. The third-order valence-electron chi connectivity index (χ3n) is 6.50. The molecule has 0 saturated carbocycles. The van der Waals surface area contributed by atoms with Crippen molar-refractivity contribution >= 4 is 23.6 Å². The van der Waals surface area contributed by atoms with E-state index in [2.05, 4.69) is 24.5 Å². The van der Waals surface area contributed by atoms with Gasteiger partial charge in [-0.3, -0.25) is 9.59 Å². The first-order valence-corrected chi connectivity index (χ1v) is 14.0. The van der Waals surface area contributed by atoms with Crippen molar-refractivity contribution in [1.29, 1.82) is 0 Å². The molecule has 8 nitrogen and oxygen atoms in total. The number of ether oxygens (including phenoxy) is 2. The third-order valence-corrected chi connectivity index (χ3v) is 6.50. The van der Waals surface area contributed by atoms with E-state index in [1.807, 2.05) is 51.1 Å². The lowest BCUT2D eigenvalue weighted by atomic mass is 9.95. The summed E-state index contributed by atoms with van der Waals surface area (Å²) in [5.41, 5.74) is 0.545. The van der Waals surface area contributed by atoms with Crippen LogP contribution in [0.5, 0.6) is 5.75 Å². The zero-order valence-electron chi connectivity index (χ0n) is 25.5. The molecule has 0 spiro atoms. The Labute approximate surface area is 239 Å². The van der Waals surface area contributed by atoms with Crippen LogP contribution in [0.4, 0.5) is 10.5 Å². The molecule has 3 atom stereocenters. The van der Waals surface area contributed by atoms with Crippen LogP contribution < -0.4 is 15.4 Å². The second-order valence-electron chi connectivity index (χ2n) is 12.0. The van der Waals surface area contributed by atoms with Crippen LogP contribution in [0.15, 0.2) is 54.6 Å². The summed E-state index contributed by atoms with van der Waals surface area (Å²) in [6, 6.07) is 14.2. The fourth-order valence-corrected chi connectivity index (χ4v) is 4.38. The van der Waals surface area contributed by atoms with Crippen molar-refractivity contribution in [3.8, 4) is 5.75 Å². The van der Waals surface area contributed by atoms with Gasteiger partial charge < -0.3 is 25.0 Å². The van der Waals surface area contributed by atoms with Gasteiger partial charge in [-0.15, -0.1) is 0 Å². The number of amides is 3. The molecule has 2 aromatic rings. The number of carbonyl (C=O) groups is 3. The van der Waals surface area contributed by atoms with E-state index >= 15 is 0 Å². The summed E-state index contributed by atoms with van der Waals surface area (Å²) >= 11 is 0. The van der Waals surface area contributed by atoms with Crippen molar-refractivity contribution in [3.63, 3.8) is 0 Å². The van der Waals surface area contributed by atoms with Crippen molar-refractivity contribution in [2.75, 3.05) is 12.4 Å². The molecule has 0 aliphatic heterocycles. The number of anilines is 1. The van der Waals surface area contributed by atoms with Crippen molar-refractivity contribution in [2.45, 2.75) is 92.0 Å². The lowest BCUT2D eigenvalue weighted by Crippen LogP contribution is -2.56. The monoisotopic (exact) mass is 553 g/mol. The molecular weight excluding hydrogens is 506 g/mol. The molecular formula is C32H47N3O5. The van der Waals surface area contributed by atoms with E-state index in [0.717, 1.165) is 6.42 Å². The molecule has 2 N–H and O–H groups in total. The van der Waals surface area contributed by atoms with Gasteiger partial charge in [0.1, 0.15) is 23.4 Å². The molecule has 2 aromatic carbocycles. The maximum atomic E-state index is 14.4. The minimum Gasteiger partial charge on any atom is -0.497 e. The molecule has 0 aliphatic carbocycles. The Balaban J connectivity index is 2.55. The minimum atomic E-state index is -0.931. The zero-order valence-corrected chi connectivity index (χ0v) is 25.5. The highest BCUT2D eigenvalue weighted by Gasteiger charge is 2.40. The van der Waals surface area contributed by atoms with Crippen molar-refractivity contribution in [2.24, 2.45) is 11.8 Å². The Bertz CT molecular complexity index is 1090. The van der Waals surface area contributed by atoms with Gasteiger partial charge in [0.25, 0.3) is 5.91 Å². The van der Waals surface area contributed by atoms with Crippen LogP contribution in [0, 0.1) is 11.8 Å². The lowest BCUT2D eigenvalue weighted by molar-refractivity contribution is -0.144. The van der Waals surface area contributed by atoms with Crippen molar-refractivity contribution < 1.29 is 23.9 Å². The van der Waals surface area contributed by atoms with E-state index in [9.17, 15) is 14.4 Å². The number of rotatable bonds is 12. The number of hydrogen-bond acceptors (Lipinski definition) is 5. The zero-order chi connectivity index (χ0) is 30.0. The predicted molar refractivity (Wildman–Crippen MR) is 159 cm³/mol. The topological polar surface area (TPSA) is 97.0 Å².